The quantitative estimate of drug-likeness (QED) is 0.490. The van der Waals surface area contributed by atoms with Gasteiger partial charge in [0.2, 0.25) is 11.7 Å². The Balaban J connectivity index is 1.47. The van der Waals surface area contributed by atoms with Gasteiger partial charge in [-0.25, -0.2) is 4.98 Å². The minimum atomic E-state index is -0.476. The van der Waals surface area contributed by atoms with Crippen LogP contribution in [0, 0.1) is 17.0 Å². The highest BCUT2D eigenvalue weighted by molar-refractivity contribution is 5.55. The van der Waals surface area contributed by atoms with Crippen molar-refractivity contribution in [2.45, 2.75) is 25.9 Å². The molecule has 3 heterocycles. The molecule has 0 radical (unpaired) electrons. The van der Waals surface area contributed by atoms with E-state index in [1.54, 1.807) is 31.2 Å². The molecule has 0 N–H and O–H groups in total. The zero-order valence-electron chi connectivity index (χ0n) is 14.5. The Bertz CT molecular complexity index is 964. The molecule has 1 aliphatic rings. The predicted octanol–water partition coefficient (Wildman–Crippen LogP) is 3.99. The van der Waals surface area contributed by atoms with Crippen LogP contribution in [-0.2, 0) is 4.74 Å². The van der Waals surface area contributed by atoms with E-state index in [2.05, 4.69) is 15.1 Å². The molecule has 2 aromatic heterocycles. The maximum Gasteiger partial charge on any atom is 0.290 e. The Morgan fingerprint density at radius 3 is 2.78 bits per heavy atom. The topological polar surface area (TPSA) is 113 Å². The summed E-state index contributed by atoms with van der Waals surface area (Å²) in [7, 11) is 0. The first-order valence-corrected chi connectivity index (χ1v) is 8.45. The Kier molecular flexibility index (Phi) is 4.51. The lowest BCUT2D eigenvalue weighted by Crippen LogP contribution is -1.95. The molecule has 1 unspecified atom stereocenters. The summed E-state index contributed by atoms with van der Waals surface area (Å²) in [5.41, 5.74) is 1.22. The van der Waals surface area contributed by atoms with Gasteiger partial charge >= 0.3 is 0 Å². The average Bonchev–Trinajstić information content (AvgIpc) is 3.34. The Morgan fingerprint density at radius 1 is 1.30 bits per heavy atom. The van der Waals surface area contributed by atoms with Crippen molar-refractivity contribution in [2.24, 2.45) is 0 Å². The molecule has 1 fully saturated rings. The molecule has 1 atom stereocenters. The fourth-order valence-corrected chi connectivity index (χ4v) is 2.82. The summed E-state index contributed by atoms with van der Waals surface area (Å²) in [6, 6.07) is 8.63. The largest absolute Gasteiger partial charge is 0.439 e. The Hall–Kier alpha value is -3.33. The molecule has 9 heteroatoms. The number of nitrogens with zero attached hydrogens (tertiary/aromatic N) is 4. The molecular formula is C18H16N4O5. The van der Waals surface area contributed by atoms with Gasteiger partial charge in [-0.1, -0.05) is 5.16 Å². The fourth-order valence-electron chi connectivity index (χ4n) is 2.82. The van der Waals surface area contributed by atoms with E-state index in [4.69, 9.17) is 14.0 Å². The average molecular weight is 368 g/mol. The van der Waals surface area contributed by atoms with Gasteiger partial charge in [-0.2, -0.15) is 4.98 Å². The minimum Gasteiger partial charge on any atom is -0.439 e. The molecule has 1 aromatic carbocycles. The van der Waals surface area contributed by atoms with Crippen LogP contribution >= 0.6 is 0 Å². The highest BCUT2D eigenvalue weighted by Crippen LogP contribution is 2.30. The molecular weight excluding hydrogens is 352 g/mol. The maximum atomic E-state index is 10.8. The van der Waals surface area contributed by atoms with Crippen molar-refractivity contribution in [3.63, 3.8) is 0 Å². The number of aryl methyl sites for hydroxylation is 1. The smallest absolute Gasteiger partial charge is 0.290 e. The first-order chi connectivity index (χ1) is 13.1. The van der Waals surface area contributed by atoms with Crippen LogP contribution in [0.2, 0.25) is 0 Å². The van der Waals surface area contributed by atoms with Crippen LogP contribution in [0.3, 0.4) is 0 Å². The zero-order valence-corrected chi connectivity index (χ0v) is 14.5. The van der Waals surface area contributed by atoms with Crippen molar-refractivity contribution in [1.29, 1.82) is 0 Å². The van der Waals surface area contributed by atoms with Gasteiger partial charge in [0.05, 0.1) is 4.92 Å². The van der Waals surface area contributed by atoms with Crippen molar-refractivity contribution in [2.75, 3.05) is 6.61 Å². The standard InChI is InChI=1S/C18H16N4O5/c1-11-9-16(19-10-14(11)22(23)24)26-13-6-4-12(5-7-13)17-20-18(27-21-17)15-3-2-8-25-15/h4-7,9-10,15H,2-3,8H2,1H3. The summed E-state index contributed by atoms with van der Waals surface area (Å²) >= 11 is 0. The molecule has 1 aliphatic heterocycles. The van der Waals surface area contributed by atoms with Crippen molar-refractivity contribution < 1.29 is 18.9 Å². The fraction of sp³-hybridized carbons (Fsp3) is 0.278. The van der Waals surface area contributed by atoms with Crippen LogP contribution in [0.25, 0.3) is 11.4 Å². The van der Waals surface area contributed by atoms with Gasteiger partial charge < -0.3 is 14.0 Å². The maximum absolute atomic E-state index is 10.8. The molecule has 4 rings (SSSR count). The normalized spacial score (nSPS) is 16.4. The van der Waals surface area contributed by atoms with Crippen LogP contribution in [-0.4, -0.2) is 26.7 Å². The second kappa shape index (κ2) is 7.12. The lowest BCUT2D eigenvalue weighted by atomic mass is 10.2. The monoisotopic (exact) mass is 368 g/mol. The summed E-state index contributed by atoms with van der Waals surface area (Å²) in [5, 5.41) is 14.8. The van der Waals surface area contributed by atoms with Crippen LogP contribution < -0.4 is 4.74 Å². The van der Waals surface area contributed by atoms with E-state index in [0.29, 0.717) is 29.6 Å². The number of hydrogen-bond acceptors (Lipinski definition) is 8. The van der Waals surface area contributed by atoms with E-state index in [1.165, 1.54) is 12.3 Å². The molecule has 0 bridgehead atoms. The lowest BCUT2D eigenvalue weighted by Gasteiger charge is -2.06. The number of aromatic nitrogens is 3. The third-order valence-corrected chi connectivity index (χ3v) is 4.24. The van der Waals surface area contributed by atoms with Gasteiger partial charge in [0.1, 0.15) is 18.1 Å². The third kappa shape index (κ3) is 3.63. The van der Waals surface area contributed by atoms with Crippen molar-refractivity contribution in [3.8, 4) is 23.0 Å². The van der Waals surface area contributed by atoms with Gasteiger partial charge in [0.15, 0.2) is 0 Å². The zero-order chi connectivity index (χ0) is 18.8. The Morgan fingerprint density at radius 2 is 2.11 bits per heavy atom. The van der Waals surface area contributed by atoms with Crippen LogP contribution in [0.1, 0.15) is 30.4 Å². The van der Waals surface area contributed by atoms with E-state index < -0.39 is 4.92 Å². The summed E-state index contributed by atoms with van der Waals surface area (Å²) in [6.07, 6.45) is 2.94. The molecule has 9 nitrogen and oxygen atoms in total. The molecule has 3 aromatic rings. The first-order valence-electron chi connectivity index (χ1n) is 8.45. The first kappa shape index (κ1) is 17.1. The van der Waals surface area contributed by atoms with Crippen molar-refractivity contribution in [1.82, 2.24) is 15.1 Å². The van der Waals surface area contributed by atoms with Crippen LogP contribution in [0.4, 0.5) is 5.69 Å². The van der Waals surface area contributed by atoms with Gasteiger partial charge in [-0.15, -0.1) is 0 Å². The SMILES string of the molecule is Cc1cc(Oc2ccc(-c3noc(C4CCCO4)n3)cc2)ncc1[N+](=O)[O-]. The van der Waals surface area contributed by atoms with Crippen LogP contribution in [0.5, 0.6) is 11.6 Å². The van der Waals surface area contributed by atoms with E-state index in [-0.39, 0.29) is 17.7 Å². The van der Waals surface area contributed by atoms with Crippen molar-refractivity contribution >= 4 is 5.69 Å². The summed E-state index contributed by atoms with van der Waals surface area (Å²) in [5.74, 6) is 1.80. The van der Waals surface area contributed by atoms with E-state index in [1.807, 2.05) is 0 Å². The summed E-state index contributed by atoms with van der Waals surface area (Å²) in [6.45, 7) is 2.35. The predicted molar refractivity (Wildman–Crippen MR) is 93.4 cm³/mol. The second-order valence-corrected chi connectivity index (χ2v) is 6.15. The lowest BCUT2D eigenvalue weighted by molar-refractivity contribution is -0.385. The molecule has 0 amide bonds. The van der Waals surface area contributed by atoms with Gasteiger partial charge in [-0.05, 0) is 44.0 Å². The highest BCUT2D eigenvalue weighted by Gasteiger charge is 2.24. The molecule has 138 valence electrons. The molecule has 1 saturated heterocycles. The van der Waals surface area contributed by atoms with Gasteiger partial charge in [-0.3, -0.25) is 10.1 Å². The van der Waals surface area contributed by atoms with Gasteiger partial charge in [0.25, 0.3) is 11.6 Å². The number of benzene rings is 1. The van der Waals surface area contributed by atoms with E-state index in [9.17, 15) is 10.1 Å². The molecule has 0 saturated carbocycles. The van der Waals surface area contributed by atoms with E-state index >= 15 is 0 Å². The number of ether oxygens (including phenoxy) is 2. The van der Waals surface area contributed by atoms with Crippen molar-refractivity contribution in [3.05, 3.63) is 58.1 Å². The number of nitro groups is 1. The highest BCUT2D eigenvalue weighted by atomic mass is 16.6. The number of pyridine rings is 1. The Labute approximate surface area is 154 Å². The number of rotatable bonds is 5. The summed E-state index contributed by atoms with van der Waals surface area (Å²) in [4.78, 5) is 18.7. The molecule has 0 aliphatic carbocycles. The van der Waals surface area contributed by atoms with Crippen LogP contribution in [0.15, 0.2) is 41.1 Å². The third-order valence-electron chi connectivity index (χ3n) is 4.24. The number of hydrogen-bond donors (Lipinski definition) is 0. The second-order valence-electron chi connectivity index (χ2n) is 6.15. The molecule has 27 heavy (non-hydrogen) atoms. The van der Waals surface area contributed by atoms with E-state index in [0.717, 1.165) is 18.4 Å². The molecule has 0 spiro atoms. The van der Waals surface area contributed by atoms with Gasteiger partial charge in [0, 0.05) is 23.8 Å². The summed E-state index contributed by atoms with van der Waals surface area (Å²) < 4.78 is 16.5. The minimum absolute atomic E-state index is 0.0446.